The fourth-order valence-corrected chi connectivity index (χ4v) is 0.270. The maximum absolute atomic E-state index is 9.77. The average Bonchev–Trinajstić information content (AvgIpc) is 1.98. The largest absolute Gasteiger partial charge is 0.479 e. The van der Waals surface area contributed by atoms with Crippen LogP contribution in [0.4, 0.5) is 0 Å². The third-order valence-corrected chi connectivity index (χ3v) is 0.805. The second-order valence-electron chi connectivity index (χ2n) is 2.01. The zero-order valence-electron chi connectivity index (χ0n) is 6.88. The van der Waals surface area contributed by atoms with Gasteiger partial charge in [0.25, 0.3) is 0 Å². The van der Waals surface area contributed by atoms with Crippen molar-refractivity contribution in [1.29, 1.82) is 0 Å². The van der Waals surface area contributed by atoms with Gasteiger partial charge in [-0.15, -0.1) is 0 Å². The fraction of sp³-hybridized carbons (Fsp3) is 0.500. The summed E-state index contributed by atoms with van der Waals surface area (Å²) in [7, 11) is -4.67. The van der Waals surface area contributed by atoms with Gasteiger partial charge in [-0.25, -0.2) is 9.59 Å². The number of aliphatic carboxylic acids is 2. The van der Waals surface area contributed by atoms with Crippen LogP contribution in [0.1, 0.15) is 0 Å². The van der Waals surface area contributed by atoms with E-state index in [1.54, 1.807) is 0 Å². The van der Waals surface area contributed by atoms with E-state index in [9.17, 15) is 9.59 Å². The van der Waals surface area contributed by atoms with Crippen LogP contribution in [0.25, 0.3) is 0 Å². The van der Waals surface area contributed by atoms with E-state index in [1.165, 1.54) is 0 Å². The minimum Gasteiger partial charge on any atom is -0.479 e. The first-order chi connectivity index (χ1) is 6.46. The standard InChI is InChI=1S/C4H6O6.H2O4S/c5-1(3(7)8)2(6)4(9)10;1-5(2,3)4/h1-2,5-6H,(H,7,8)(H,9,10);(H2,1,2,3,4). The van der Waals surface area contributed by atoms with Crippen LogP contribution in [-0.4, -0.2) is 62.1 Å². The number of hydrogen-bond acceptors (Lipinski definition) is 6. The van der Waals surface area contributed by atoms with Crippen LogP contribution < -0.4 is 0 Å². The Morgan fingerprint density at radius 2 is 1.00 bits per heavy atom. The van der Waals surface area contributed by atoms with Crippen LogP contribution in [0.15, 0.2) is 0 Å². The molecule has 15 heavy (non-hydrogen) atoms. The number of hydrogen-bond donors (Lipinski definition) is 6. The molecule has 0 aromatic carbocycles. The molecule has 0 rings (SSSR count). The van der Waals surface area contributed by atoms with Crippen molar-refractivity contribution in [1.82, 2.24) is 0 Å². The number of carboxylic acids is 2. The van der Waals surface area contributed by atoms with E-state index in [4.69, 9.17) is 37.9 Å². The lowest BCUT2D eigenvalue weighted by atomic mass is 10.2. The maximum Gasteiger partial charge on any atom is 0.394 e. The van der Waals surface area contributed by atoms with Gasteiger partial charge in [0.1, 0.15) is 0 Å². The van der Waals surface area contributed by atoms with Gasteiger partial charge >= 0.3 is 22.3 Å². The highest BCUT2D eigenvalue weighted by atomic mass is 32.3. The molecule has 0 aliphatic rings. The lowest BCUT2D eigenvalue weighted by molar-refractivity contribution is -0.165. The molecule has 0 saturated carbocycles. The lowest BCUT2D eigenvalue weighted by Gasteiger charge is -2.07. The summed E-state index contributed by atoms with van der Waals surface area (Å²) < 4.78 is 31.6. The maximum atomic E-state index is 9.77. The summed E-state index contributed by atoms with van der Waals surface area (Å²) in [5.41, 5.74) is 0. The molecule has 0 aliphatic heterocycles. The van der Waals surface area contributed by atoms with Crippen molar-refractivity contribution < 1.29 is 47.5 Å². The Hall–Kier alpha value is -1.27. The molecule has 0 radical (unpaired) electrons. The number of carboxylic acid groups (broad SMARTS) is 2. The van der Waals surface area contributed by atoms with Crippen molar-refractivity contribution in [2.45, 2.75) is 12.2 Å². The minimum absolute atomic E-state index is 1.77. The highest BCUT2D eigenvalue weighted by molar-refractivity contribution is 7.79. The second-order valence-corrected chi connectivity index (χ2v) is 2.91. The van der Waals surface area contributed by atoms with Gasteiger partial charge < -0.3 is 20.4 Å². The lowest BCUT2D eigenvalue weighted by Crippen LogP contribution is -2.39. The SMILES string of the molecule is O=C(O)C(O)C(O)C(=O)O.O=S(=O)(O)O. The van der Waals surface area contributed by atoms with Gasteiger partial charge in [0, 0.05) is 0 Å². The van der Waals surface area contributed by atoms with Crippen molar-refractivity contribution in [3.8, 4) is 0 Å². The van der Waals surface area contributed by atoms with E-state index in [1.807, 2.05) is 0 Å². The van der Waals surface area contributed by atoms with Gasteiger partial charge in [0.15, 0.2) is 12.2 Å². The minimum atomic E-state index is -4.67. The van der Waals surface area contributed by atoms with Crippen LogP contribution in [0, 0.1) is 0 Å². The molecule has 0 spiro atoms. The van der Waals surface area contributed by atoms with Gasteiger partial charge in [0.2, 0.25) is 0 Å². The van der Waals surface area contributed by atoms with E-state index in [2.05, 4.69) is 0 Å². The Bertz CT molecular complexity index is 290. The molecular weight excluding hydrogens is 240 g/mol. The van der Waals surface area contributed by atoms with Crippen LogP contribution in [0.2, 0.25) is 0 Å². The molecule has 0 bridgehead atoms. The first kappa shape index (κ1) is 16.2. The summed E-state index contributed by atoms with van der Waals surface area (Å²) in [6.45, 7) is 0. The van der Waals surface area contributed by atoms with Crippen LogP contribution in [0.5, 0.6) is 0 Å². The molecule has 10 nitrogen and oxygen atoms in total. The molecule has 11 heteroatoms. The van der Waals surface area contributed by atoms with E-state index in [0.29, 0.717) is 0 Å². The molecule has 0 aromatic rings. The Labute approximate surface area is 83.0 Å². The summed E-state index contributed by atoms with van der Waals surface area (Å²) in [4.78, 5) is 19.5. The van der Waals surface area contributed by atoms with Gasteiger partial charge in [0.05, 0.1) is 0 Å². The summed E-state index contributed by atoms with van der Waals surface area (Å²) in [6, 6.07) is 0. The first-order valence-corrected chi connectivity index (χ1v) is 4.38. The van der Waals surface area contributed by atoms with E-state index < -0.39 is 34.5 Å². The second kappa shape index (κ2) is 6.26. The molecule has 0 saturated heterocycles. The smallest absolute Gasteiger partial charge is 0.394 e. The zero-order valence-corrected chi connectivity index (χ0v) is 7.70. The third-order valence-electron chi connectivity index (χ3n) is 0.805. The van der Waals surface area contributed by atoms with Crippen LogP contribution in [0.3, 0.4) is 0 Å². The molecule has 2 unspecified atom stereocenters. The molecule has 0 aromatic heterocycles. The van der Waals surface area contributed by atoms with Gasteiger partial charge in [-0.3, -0.25) is 9.11 Å². The first-order valence-electron chi connectivity index (χ1n) is 2.98. The highest BCUT2D eigenvalue weighted by Gasteiger charge is 2.29. The molecule has 0 heterocycles. The highest BCUT2D eigenvalue weighted by Crippen LogP contribution is 1.92. The van der Waals surface area contributed by atoms with Gasteiger partial charge in [-0.05, 0) is 0 Å². The van der Waals surface area contributed by atoms with E-state index in [0.717, 1.165) is 0 Å². The monoisotopic (exact) mass is 248 g/mol. The quantitative estimate of drug-likeness (QED) is 0.285. The molecule has 0 aliphatic carbocycles. The molecule has 0 fully saturated rings. The zero-order chi connectivity index (χ0) is 12.8. The topological polar surface area (TPSA) is 190 Å². The Kier molecular flexibility index (Phi) is 6.75. The molecule has 6 N–H and O–H groups in total. The van der Waals surface area contributed by atoms with Crippen molar-refractivity contribution in [2.75, 3.05) is 0 Å². The Morgan fingerprint density at radius 1 is 0.867 bits per heavy atom. The van der Waals surface area contributed by atoms with Crippen molar-refractivity contribution in [3.05, 3.63) is 0 Å². The van der Waals surface area contributed by atoms with Crippen molar-refractivity contribution in [2.24, 2.45) is 0 Å². The molecule has 90 valence electrons. The van der Waals surface area contributed by atoms with Crippen LogP contribution >= 0.6 is 0 Å². The van der Waals surface area contributed by atoms with Gasteiger partial charge in [-0.2, -0.15) is 8.42 Å². The molecular formula is C4H8O10S. The predicted octanol–water partition coefficient (Wildman–Crippen LogP) is -2.78. The van der Waals surface area contributed by atoms with Crippen LogP contribution in [-0.2, 0) is 20.0 Å². The fourth-order valence-electron chi connectivity index (χ4n) is 0.270. The third kappa shape index (κ3) is 12.7. The number of aliphatic hydroxyl groups is 2. The Balaban J connectivity index is 0. The average molecular weight is 248 g/mol. The summed E-state index contributed by atoms with van der Waals surface area (Å²) in [5, 5.41) is 32.5. The summed E-state index contributed by atoms with van der Waals surface area (Å²) >= 11 is 0. The van der Waals surface area contributed by atoms with E-state index in [-0.39, 0.29) is 0 Å². The number of carbonyl (C=O) groups is 2. The molecule has 0 amide bonds. The van der Waals surface area contributed by atoms with Gasteiger partial charge in [-0.1, -0.05) is 0 Å². The summed E-state index contributed by atoms with van der Waals surface area (Å²) in [5.74, 6) is -3.54. The number of rotatable bonds is 3. The van der Waals surface area contributed by atoms with Crippen molar-refractivity contribution >= 4 is 22.3 Å². The summed E-state index contributed by atoms with van der Waals surface area (Å²) in [6.07, 6.45) is -4.53. The number of aliphatic hydroxyl groups excluding tert-OH is 2. The molecule has 2 atom stereocenters. The van der Waals surface area contributed by atoms with Crippen molar-refractivity contribution in [3.63, 3.8) is 0 Å². The Morgan fingerprint density at radius 3 is 1.07 bits per heavy atom. The van der Waals surface area contributed by atoms with E-state index >= 15 is 0 Å². The predicted molar refractivity (Wildman–Crippen MR) is 41.5 cm³/mol. The normalized spacial score (nSPS) is 14.4.